The largest absolute Gasteiger partial charge is 0.397 e. The van der Waals surface area contributed by atoms with Crippen molar-refractivity contribution in [3.05, 3.63) is 47.0 Å². The van der Waals surface area contributed by atoms with Gasteiger partial charge >= 0.3 is 6.18 Å². The molecule has 0 spiro atoms. The van der Waals surface area contributed by atoms with Gasteiger partial charge in [0.2, 0.25) is 5.91 Å². The summed E-state index contributed by atoms with van der Waals surface area (Å²) in [5.41, 5.74) is 5.30. The minimum Gasteiger partial charge on any atom is -0.355 e. The highest BCUT2D eigenvalue weighted by Gasteiger charge is 2.31. The Morgan fingerprint density at radius 1 is 1.17 bits per heavy atom. The van der Waals surface area contributed by atoms with Gasteiger partial charge in [-0.1, -0.05) is 23.7 Å². The zero-order valence-electron chi connectivity index (χ0n) is 15.1. The number of carbonyl (C=O) groups is 1. The number of halogens is 5. The van der Waals surface area contributed by atoms with Crippen LogP contribution in [0.3, 0.4) is 0 Å². The van der Waals surface area contributed by atoms with Gasteiger partial charge in [0.25, 0.3) is 0 Å². The Kier molecular flexibility index (Phi) is 6.41. The van der Waals surface area contributed by atoms with E-state index < -0.39 is 18.5 Å². The maximum absolute atomic E-state index is 13.1. The molecular weight excluding hydrogens is 414 g/mol. The van der Waals surface area contributed by atoms with E-state index in [-0.39, 0.29) is 22.6 Å². The Morgan fingerprint density at radius 2 is 1.83 bits per heavy atom. The van der Waals surface area contributed by atoms with Gasteiger partial charge in [-0.15, -0.1) is 0 Å². The van der Waals surface area contributed by atoms with Crippen LogP contribution in [0.1, 0.15) is 30.7 Å². The predicted molar refractivity (Wildman–Crippen MR) is 100 cm³/mol. The molecular formula is C18H18ClF4N5O. The predicted octanol–water partition coefficient (Wildman–Crippen LogP) is 4.05. The van der Waals surface area contributed by atoms with Crippen LogP contribution in [0.2, 0.25) is 5.02 Å². The average molecular weight is 432 g/mol. The number of nitrogens with one attached hydrogen (secondary N) is 2. The second kappa shape index (κ2) is 8.81. The normalized spacial score (nSPS) is 15.3. The molecule has 1 fully saturated rings. The Balaban J connectivity index is 1.61. The SMILES string of the molecule is O=C(CC(F)(F)F)NNc1ncnc(N2CCC(c3ccc(F)cc3)CC2)c1Cl. The summed E-state index contributed by atoms with van der Waals surface area (Å²) in [7, 11) is 0. The van der Waals surface area contributed by atoms with E-state index in [1.807, 2.05) is 10.3 Å². The van der Waals surface area contributed by atoms with Crippen molar-refractivity contribution in [3.8, 4) is 0 Å². The first kappa shape index (κ1) is 21.1. The lowest BCUT2D eigenvalue weighted by Crippen LogP contribution is -2.35. The monoisotopic (exact) mass is 431 g/mol. The number of piperidine rings is 1. The molecule has 0 bridgehead atoms. The van der Waals surface area contributed by atoms with E-state index in [9.17, 15) is 22.4 Å². The van der Waals surface area contributed by atoms with Crippen molar-refractivity contribution in [3.63, 3.8) is 0 Å². The Morgan fingerprint density at radius 3 is 2.45 bits per heavy atom. The average Bonchev–Trinajstić information content (AvgIpc) is 2.67. The van der Waals surface area contributed by atoms with E-state index in [0.29, 0.717) is 18.9 Å². The first-order valence-corrected chi connectivity index (χ1v) is 9.23. The van der Waals surface area contributed by atoms with Gasteiger partial charge in [0.1, 0.15) is 23.6 Å². The molecule has 0 radical (unpaired) electrons. The van der Waals surface area contributed by atoms with Crippen LogP contribution in [0.25, 0.3) is 0 Å². The number of benzene rings is 1. The number of anilines is 2. The molecule has 11 heteroatoms. The third-order valence-electron chi connectivity index (χ3n) is 4.59. The molecule has 2 aromatic rings. The summed E-state index contributed by atoms with van der Waals surface area (Å²) in [4.78, 5) is 21.3. The van der Waals surface area contributed by atoms with Crippen LogP contribution in [0.15, 0.2) is 30.6 Å². The number of hydrogen-bond acceptors (Lipinski definition) is 5. The van der Waals surface area contributed by atoms with E-state index in [4.69, 9.17) is 11.6 Å². The quantitative estimate of drug-likeness (QED) is 0.552. The topological polar surface area (TPSA) is 70.1 Å². The third-order valence-corrected chi connectivity index (χ3v) is 4.94. The molecule has 0 aliphatic carbocycles. The highest BCUT2D eigenvalue weighted by Crippen LogP contribution is 2.34. The van der Waals surface area contributed by atoms with Gasteiger partial charge in [0, 0.05) is 13.1 Å². The Bertz CT molecular complexity index is 854. The van der Waals surface area contributed by atoms with E-state index in [2.05, 4.69) is 15.4 Å². The number of nitrogens with zero attached hydrogens (tertiary/aromatic N) is 3. The molecule has 0 atom stereocenters. The van der Waals surface area contributed by atoms with E-state index in [1.54, 1.807) is 12.1 Å². The van der Waals surface area contributed by atoms with Crippen LogP contribution in [0.5, 0.6) is 0 Å². The van der Waals surface area contributed by atoms with Gasteiger partial charge in [-0.05, 0) is 36.5 Å². The van der Waals surface area contributed by atoms with Gasteiger partial charge in [-0.3, -0.25) is 15.6 Å². The van der Waals surface area contributed by atoms with Crippen molar-refractivity contribution < 1.29 is 22.4 Å². The van der Waals surface area contributed by atoms with Crippen LogP contribution in [-0.2, 0) is 4.79 Å². The molecule has 1 aliphatic heterocycles. The molecule has 3 rings (SSSR count). The van der Waals surface area contributed by atoms with E-state index in [1.165, 1.54) is 18.5 Å². The summed E-state index contributed by atoms with van der Waals surface area (Å²) in [6, 6.07) is 6.43. The molecule has 2 N–H and O–H groups in total. The van der Waals surface area contributed by atoms with Crippen molar-refractivity contribution in [2.45, 2.75) is 31.4 Å². The fourth-order valence-corrected chi connectivity index (χ4v) is 3.45. The third kappa shape index (κ3) is 5.69. The molecule has 1 saturated heterocycles. The number of hydrogen-bond donors (Lipinski definition) is 2. The number of carbonyl (C=O) groups excluding carboxylic acids is 1. The van der Waals surface area contributed by atoms with Crippen LogP contribution in [0, 0.1) is 5.82 Å². The Labute approximate surface area is 169 Å². The second-order valence-electron chi connectivity index (χ2n) is 6.64. The molecule has 0 unspecified atom stereocenters. The van der Waals surface area contributed by atoms with Crippen molar-refractivity contribution in [1.82, 2.24) is 15.4 Å². The zero-order valence-corrected chi connectivity index (χ0v) is 15.9. The summed E-state index contributed by atoms with van der Waals surface area (Å²) in [6.07, 6.45) is -3.41. The lowest BCUT2D eigenvalue weighted by Gasteiger charge is -2.33. The molecule has 1 amide bonds. The lowest BCUT2D eigenvalue weighted by molar-refractivity contribution is -0.153. The smallest absolute Gasteiger partial charge is 0.355 e. The molecule has 2 heterocycles. The minimum atomic E-state index is -4.61. The maximum atomic E-state index is 13.1. The highest BCUT2D eigenvalue weighted by atomic mass is 35.5. The summed E-state index contributed by atoms with van der Waals surface area (Å²) < 4.78 is 49.8. The number of amides is 1. The minimum absolute atomic E-state index is 0.00727. The van der Waals surface area contributed by atoms with Gasteiger partial charge in [-0.2, -0.15) is 13.2 Å². The van der Waals surface area contributed by atoms with E-state index in [0.717, 1.165) is 18.4 Å². The first-order chi connectivity index (χ1) is 13.7. The van der Waals surface area contributed by atoms with Gasteiger partial charge in [-0.25, -0.2) is 14.4 Å². The van der Waals surface area contributed by atoms with E-state index >= 15 is 0 Å². The molecule has 156 valence electrons. The van der Waals surface area contributed by atoms with Crippen LogP contribution < -0.4 is 15.8 Å². The fraction of sp³-hybridized carbons (Fsp3) is 0.389. The summed E-state index contributed by atoms with van der Waals surface area (Å²) in [6.45, 7) is 1.28. The zero-order chi connectivity index (χ0) is 21.0. The van der Waals surface area contributed by atoms with Crippen LogP contribution >= 0.6 is 11.6 Å². The molecule has 1 aromatic heterocycles. The van der Waals surface area contributed by atoms with Gasteiger partial charge < -0.3 is 4.90 Å². The number of hydrazine groups is 1. The van der Waals surface area contributed by atoms with Crippen LogP contribution in [0.4, 0.5) is 29.2 Å². The van der Waals surface area contributed by atoms with Crippen molar-refractivity contribution in [2.24, 2.45) is 0 Å². The molecule has 0 saturated carbocycles. The standard InChI is InChI=1S/C18H18ClF4N5O/c19-15-16(27-26-14(29)9-18(21,22)23)24-10-25-17(15)28-7-5-12(6-8-28)11-1-3-13(20)4-2-11/h1-4,10,12H,5-9H2,(H,26,29)(H,24,25,27). The molecule has 1 aliphatic rings. The summed E-state index contributed by atoms with van der Waals surface area (Å²) in [5, 5.41) is 0.0973. The summed E-state index contributed by atoms with van der Waals surface area (Å²) >= 11 is 6.29. The number of alkyl halides is 3. The van der Waals surface area contributed by atoms with Crippen molar-refractivity contribution in [1.29, 1.82) is 0 Å². The van der Waals surface area contributed by atoms with Crippen LogP contribution in [-0.4, -0.2) is 35.1 Å². The van der Waals surface area contributed by atoms with Gasteiger partial charge in [0.15, 0.2) is 11.6 Å². The fourth-order valence-electron chi connectivity index (χ4n) is 3.18. The Hall–Kier alpha value is -2.62. The number of aromatic nitrogens is 2. The molecule has 29 heavy (non-hydrogen) atoms. The highest BCUT2D eigenvalue weighted by molar-refractivity contribution is 6.35. The molecule has 1 aromatic carbocycles. The van der Waals surface area contributed by atoms with Crippen molar-refractivity contribution >= 4 is 29.1 Å². The lowest BCUT2D eigenvalue weighted by atomic mass is 9.89. The maximum Gasteiger partial charge on any atom is 0.397 e. The molecule has 6 nitrogen and oxygen atoms in total. The first-order valence-electron chi connectivity index (χ1n) is 8.85. The summed E-state index contributed by atoms with van der Waals surface area (Å²) in [5.74, 6) is -0.818. The number of rotatable bonds is 5. The second-order valence-corrected chi connectivity index (χ2v) is 7.02. The van der Waals surface area contributed by atoms with Crippen molar-refractivity contribution in [2.75, 3.05) is 23.4 Å². The van der Waals surface area contributed by atoms with Gasteiger partial charge in [0.05, 0.1) is 0 Å².